The first kappa shape index (κ1) is 17.0. The summed E-state index contributed by atoms with van der Waals surface area (Å²) >= 11 is 5.40. The number of nitrogens with one attached hydrogen (secondary N) is 1. The molecule has 0 aliphatic carbocycles. The lowest BCUT2D eigenvalue weighted by Gasteiger charge is -2.25. The molecule has 0 unspecified atom stereocenters. The van der Waals surface area contributed by atoms with Gasteiger partial charge in [0.15, 0.2) is 0 Å². The molecule has 3 aromatic rings. The predicted molar refractivity (Wildman–Crippen MR) is 106 cm³/mol. The van der Waals surface area contributed by atoms with Crippen LogP contribution in [0.2, 0.25) is 0 Å². The summed E-state index contributed by atoms with van der Waals surface area (Å²) in [4.78, 5) is 2.79. The van der Waals surface area contributed by atoms with E-state index in [0.29, 0.717) is 17.4 Å². The van der Waals surface area contributed by atoms with Crippen molar-refractivity contribution in [3.63, 3.8) is 0 Å². The summed E-state index contributed by atoms with van der Waals surface area (Å²) in [7, 11) is 0. The average Bonchev–Trinajstić information content (AvgIpc) is 3.04. The Morgan fingerprint density at radius 1 is 0.962 bits per heavy atom. The molecule has 1 saturated heterocycles. The topological polar surface area (TPSA) is 46.2 Å². The Hall–Kier alpha value is -2.44. The third-order valence-corrected chi connectivity index (χ3v) is 4.89. The van der Waals surface area contributed by atoms with Crippen molar-refractivity contribution < 1.29 is 4.42 Å². The van der Waals surface area contributed by atoms with E-state index in [1.54, 1.807) is 4.68 Å². The molecule has 1 aliphatic rings. The normalized spacial score (nSPS) is 15.1. The summed E-state index contributed by atoms with van der Waals surface area (Å²) in [6.45, 7) is 2.88. The van der Waals surface area contributed by atoms with Crippen LogP contribution in [-0.2, 0) is 6.67 Å². The smallest absolute Gasteiger partial charge is 0.288 e. The zero-order valence-electron chi connectivity index (χ0n) is 14.6. The number of hydrogen-bond donors (Lipinski definition) is 1. The minimum atomic E-state index is 0.417. The van der Waals surface area contributed by atoms with E-state index in [0.717, 1.165) is 30.0 Å². The Morgan fingerprint density at radius 2 is 1.69 bits per heavy atom. The van der Waals surface area contributed by atoms with Crippen LogP contribution >= 0.6 is 12.2 Å². The molecule has 0 spiro atoms. The number of likely N-dealkylation sites (tertiary alicyclic amines) is 1. The SMILES string of the molecule is S=c1oc(-c2ccccc2Nc2ccccc2)nn1CN1CCCCC1. The molecule has 0 saturated carbocycles. The second kappa shape index (κ2) is 7.85. The Balaban J connectivity index is 1.60. The fourth-order valence-corrected chi connectivity index (χ4v) is 3.43. The van der Waals surface area contributed by atoms with E-state index in [9.17, 15) is 0 Å². The first-order valence-corrected chi connectivity index (χ1v) is 9.42. The van der Waals surface area contributed by atoms with Gasteiger partial charge in [-0.3, -0.25) is 4.90 Å². The van der Waals surface area contributed by atoms with Gasteiger partial charge < -0.3 is 9.73 Å². The van der Waals surface area contributed by atoms with Gasteiger partial charge in [0.25, 0.3) is 4.84 Å². The average molecular weight is 366 g/mol. The molecule has 0 amide bonds. The van der Waals surface area contributed by atoms with Gasteiger partial charge in [-0.1, -0.05) is 36.8 Å². The van der Waals surface area contributed by atoms with E-state index < -0.39 is 0 Å². The highest BCUT2D eigenvalue weighted by atomic mass is 32.1. The lowest BCUT2D eigenvalue weighted by atomic mass is 10.1. The number of para-hydroxylation sites is 2. The van der Waals surface area contributed by atoms with Crippen molar-refractivity contribution >= 4 is 23.6 Å². The van der Waals surface area contributed by atoms with Gasteiger partial charge in [-0.2, -0.15) is 0 Å². The van der Waals surface area contributed by atoms with Gasteiger partial charge >= 0.3 is 0 Å². The van der Waals surface area contributed by atoms with Crippen LogP contribution in [0.15, 0.2) is 59.0 Å². The van der Waals surface area contributed by atoms with Crippen molar-refractivity contribution in [1.29, 1.82) is 0 Å². The van der Waals surface area contributed by atoms with Gasteiger partial charge in [-0.25, -0.2) is 4.68 Å². The first-order chi connectivity index (χ1) is 12.8. The Kier molecular flexibility index (Phi) is 5.13. The molecule has 6 heteroatoms. The summed E-state index contributed by atoms with van der Waals surface area (Å²) < 4.78 is 7.61. The van der Waals surface area contributed by atoms with Crippen molar-refractivity contribution in [2.24, 2.45) is 0 Å². The number of anilines is 2. The molecular weight excluding hydrogens is 344 g/mol. The monoisotopic (exact) mass is 366 g/mol. The molecule has 1 aromatic heterocycles. The first-order valence-electron chi connectivity index (χ1n) is 9.01. The Bertz CT molecular complexity index is 913. The minimum Gasteiger partial charge on any atom is -0.409 e. The molecule has 134 valence electrons. The molecule has 1 aliphatic heterocycles. The van der Waals surface area contributed by atoms with Crippen molar-refractivity contribution in [3.05, 3.63) is 59.4 Å². The van der Waals surface area contributed by atoms with Crippen molar-refractivity contribution in [1.82, 2.24) is 14.7 Å². The maximum atomic E-state index is 5.82. The van der Waals surface area contributed by atoms with E-state index in [2.05, 4.69) is 15.3 Å². The largest absolute Gasteiger partial charge is 0.409 e. The van der Waals surface area contributed by atoms with Gasteiger partial charge in [0.2, 0.25) is 5.89 Å². The predicted octanol–water partition coefficient (Wildman–Crippen LogP) is 5.06. The van der Waals surface area contributed by atoms with Crippen LogP contribution in [0, 0.1) is 4.84 Å². The fourth-order valence-electron chi connectivity index (χ4n) is 3.25. The standard InChI is InChI=1S/C20H22N4OS/c26-20-24(15-23-13-7-2-8-14-23)22-19(25-20)17-11-5-6-12-18(17)21-16-9-3-1-4-10-16/h1,3-6,9-12,21H,2,7-8,13-15H2. The molecule has 4 rings (SSSR count). The highest BCUT2D eigenvalue weighted by Crippen LogP contribution is 2.29. The van der Waals surface area contributed by atoms with Gasteiger partial charge in [0, 0.05) is 5.69 Å². The fraction of sp³-hybridized carbons (Fsp3) is 0.300. The molecule has 1 fully saturated rings. The number of nitrogens with zero attached hydrogens (tertiary/aromatic N) is 3. The lowest BCUT2D eigenvalue weighted by Crippen LogP contribution is -2.32. The summed E-state index contributed by atoms with van der Waals surface area (Å²) in [6.07, 6.45) is 3.79. The van der Waals surface area contributed by atoms with Gasteiger partial charge in [0.05, 0.1) is 17.9 Å². The molecule has 5 nitrogen and oxygen atoms in total. The maximum absolute atomic E-state index is 5.82. The van der Waals surface area contributed by atoms with Crippen LogP contribution in [0.4, 0.5) is 11.4 Å². The van der Waals surface area contributed by atoms with Crippen molar-refractivity contribution in [3.8, 4) is 11.5 Å². The number of benzene rings is 2. The molecule has 2 heterocycles. The summed E-state index contributed by atoms with van der Waals surface area (Å²) in [5, 5.41) is 8.07. The Morgan fingerprint density at radius 3 is 2.50 bits per heavy atom. The lowest BCUT2D eigenvalue weighted by molar-refractivity contribution is 0.170. The van der Waals surface area contributed by atoms with Crippen LogP contribution in [0.3, 0.4) is 0 Å². The number of aromatic nitrogens is 2. The van der Waals surface area contributed by atoms with Crippen molar-refractivity contribution in [2.75, 3.05) is 18.4 Å². The summed E-state index contributed by atoms with van der Waals surface area (Å²) in [6, 6.07) is 18.1. The zero-order chi connectivity index (χ0) is 17.8. The van der Waals surface area contributed by atoms with Gasteiger partial charge in [-0.15, -0.1) is 5.10 Å². The number of piperidine rings is 1. The summed E-state index contributed by atoms with van der Waals surface area (Å²) in [5.41, 5.74) is 2.87. The molecule has 0 bridgehead atoms. The van der Waals surface area contributed by atoms with Crippen molar-refractivity contribution in [2.45, 2.75) is 25.9 Å². The molecule has 26 heavy (non-hydrogen) atoms. The van der Waals surface area contributed by atoms with E-state index in [-0.39, 0.29) is 0 Å². The van der Waals surface area contributed by atoms with Crippen LogP contribution in [-0.4, -0.2) is 27.8 Å². The summed E-state index contributed by atoms with van der Waals surface area (Å²) in [5.74, 6) is 0.547. The zero-order valence-corrected chi connectivity index (χ0v) is 15.4. The van der Waals surface area contributed by atoms with E-state index in [1.165, 1.54) is 19.3 Å². The molecule has 1 N–H and O–H groups in total. The maximum Gasteiger partial charge on any atom is 0.288 e. The van der Waals surface area contributed by atoms with Crippen LogP contribution in [0.5, 0.6) is 0 Å². The van der Waals surface area contributed by atoms with E-state index in [4.69, 9.17) is 16.6 Å². The highest BCUT2D eigenvalue weighted by molar-refractivity contribution is 7.71. The van der Waals surface area contributed by atoms with Crippen LogP contribution < -0.4 is 5.32 Å². The second-order valence-electron chi connectivity index (χ2n) is 6.53. The number of hydrogen-bond acceptors (Lipinski definition) is 5. The molecular formula is C20H22N4OS. The van der Waals surface area contributed by atoms with E-state index in [1.807, 2.05) is 54.6 Å². The van der Waals surface area contributed by atoms with Crippen LogP contribution in [0.25, 0.3) is 11.5 Å². The molecule has 2 aromatic carbocycles. The molecule has 0 atom stereocenters. The molecule has 0 radical (unpaired) electrons. The Labute approximate surface area is 158 Å². The third kappa shape index (κ3) is 3.86. The second-order valence-corrected chi connectivity index (χ2v) is 6.88. The highest BCUT2D eigenvalue weighted by Gasteiger charge is 2.16. The van der Waals surface area contributed by atoms with E-state index >= 15 is 0 Å². The number of rotatable bonds is 5. The minimum absolute atomic E-state index is 0.417. The van der Waals surface area contributed by atoms with Crippen LogP contribution in [0.1, 0.15) is 19.3 Å². The van der Waals surface area contributed by atoms with Gasteiger partial charge in [-0.05, 0) is 62.4 Å². The quantitative estimate of drug-likeness (QED) is 0.640. The third-order valence-electron chi connectivity index (χ3n) is 4.60. The van der Waals surface area contributed by atoms with Gasteiger partial charge in [0.1, 0.15) is 0 Å².